The summed E-state index contributed by atoms with van der Waals surface area (Å²) < 4.78 is 0.721. The maximum absolute atomic E-state index is 12.1. The van der Waals surface area contributed by atoms with E-state index in [9.17, 15) is 4.79 Å². The van der Waals surface area contributed by atoms with Gasteiger partial charge in [0.05, 0.1) is 5.56 Å². The van der Waals surface area contributed by atoms with E-state index in [0.717, 1.165) is 4.60 Å². The Bertz CT molecular complexity index is 579. The molecule has 104 valence electrons. The van der Waals surface area contributed by atoms with Gasteiger partial charge in [-0.2, -0.15) is 0 Å². The Morgan fingerprint density at radius 2 is 1.90 bits per heavy atom. The van der Waals surface area contributed by atoms with Crippen molar-refractivity contribution in [3.05, 3.63) is 64.4 Å². The molecule has 0 bridgehead atoms. The molecule has 0 radical (unpaired) electrons. The minimum absolute atomic E-state index is 0.103. The Morgan fingerprint density at radius 1 is 1.20 bits per heavy atom. The second kappa shape index (κ2) is 6.18. The van der Waals surface area contributed by atoms with Gasteiger partial charge in [0.2, 0.25) is 0 Å². The predicted octanol–water partition coefficient (Wildman–Crippen LogP) is 3.55. The summed E-state index contributed by atoms with van der Waals surface area (Å²) in [6.07, 6.45) is 1.56. The van der Waals surface area contributed by atoms with E-state index in [1.165, 1.54) is 5.56 Å². The quantitative estimate of drug-likeness (QED) is 0.870. The van der Waals surface area contributed by atoms with Gasteiger partial charge in [-0.15, -0.1) is 0 Å². The largest absolute Gasteiger partial charge is 0.351 e. The van der Waals surface area contributed by atoms with Crippen molar-refractivity contribution in [2.75, 3.05) is 6.54 Å². The van der Waals surface area contributed by atoms with Crippen LogP contribution in [-0.2, 0) is 5.41 Å². The first-order valence-electron chi connectivity index (χ1n) is 6.44. The van der Waals surface area contributed by atoms with Crippen LogP contribution in [0.15, 0.2) is 53.3 Å². The Hall–Kier alpha value is -1.68. The standard InChI is InChI=1S/C16H17BrN2O/c1-16(2,13-6-4-3-5-7-13)11-19-15(20)12-8-9-14(17)18-10-12/h3-10H,11H2,1-2H3,(H,19,20). The molecule has 1 aromatic carbocycles. The second-order valence-electron chi connectivity index (χ2n) is 5.30. The van der Waals surface area contributed by atoms with Crippen molar-refractivity contribution < 1.29 is 4.79 Å². The van der Waals surface area contributed by atoms with Crippen molar-refractivity contribution >= 4 is 21.8 Å². The van der Waals surface area contributed by atoms with Crippen molar-refractivity contribution in [3.8, 4) is 0 Å². The van der Waals surface area contributed by atoms with E-state index < -0.39 is 0 Å². The maximum atomic E-state index is 12.1. The third-order valence-corrected chi connectivity index (χ3v) is 3.70. The Kier molecular flexibility index (Phi) is 4.55. The summed E-state index contributed by atoms with van der Waals surface area (Å²) in [6.45, 7) is 4.80. The van der Waals surface area contributed by atoms with Gasteiger partial charge in [-0.25, -0.2) is 4.98 Å². The average molecular weight is 333 g/mol. The van der Waals surface area contributed by atoms with Gasteiger partial charge in [-0.05, 0) is 33.6 Å². The number of hydrogen-bond acceptors (Lipinski definition) is 2. The van der Waals surface area contributed by atoms with E-state index in [-0.39, 0.29) is 11.3 Å². The van der Waals surface area contributed by atoms with Crippen molar-refractivity contribution in [1.82, 2.24) is 10.3 Å². The van der Waals surface area contributed by atoms with Crippen LogP contribution >= 0.6 is 15.9 Å². The highest BCUT2D eigenvalue weighted by Crippen LogP contribution is 2.21. The summed E-state index contributed by atoms with van der Waals surface area (Å²) in [5.74, 6) is -0.103. The summed E-state index contributed by atoms with van der Waals surface area (Å²) in [6, 6.07) is 13.7. The summed E-state index contributed by atoms with van der Waals surface area (Å²) in [5.41, 5.74) is 1.66. The Morgan fingerprint density at radius 3 is 2.50 bits per heavy atom. The molecule has 4 heteroatoms. The fraction of sp³-hybridized carbons (Fsp3) is 0.250. The van der Waals surface area contributed by atoms with Crippen LogP contribution in [0.1, 0.15) is 29.8 Å². The van der Waals surface area contributed by atoms with Crippen LogP contribution in [0.4, 0.5) is 0 Å². The molecule has 0 aliphatic carbocycles. The molecule has 3 nitrogen and oxygen atoms in total. The molecular formula is C16H17BrN2O. The molecule has 0 saturated carbocycles. The normalized spacial score (nSPS) is 11.2. The SMILES string of the molecule is CC(C)(CNC(=O)c1ccc(Br)nc1)c1ccccc1. The van der Waals surface area contributed by atoms with Crippen LogP contribution in [0.2, 0.25) is 0 Å². The van der Waals surface area contributed by atoms with E-state index >= 15 is 0 Å². The Balaban J connectivity index is 2.01. The van der Waals surface area contributed by atoms with Gasteiger partial charge in [0.1, 0.15) is 4.60 Å². The van der Waals surface area contributed by atoms with Crippen LogP contribution in [0.5, 0.6) is 0 Å². The minimum Gasteiger partial charge on any atom is -0.351 e. The van der Waals surface area contributed by atoms with Crippen LogP contribution < -0.4 is 5.32 Å². The van der Waals surface area contributed by atoms with Gasteiger partial charge in [0, 0.05) is 18.2 Å². The Labute approximate surface area is 127 Å². The van der Waals surface area contributed by atoms with E-state index in [1.54, 1.807) is 18.3 Å². The van der Waals surface area contributed by atoms with Crippen molar-refractivity contribution in [1.29, 1.82) is 0 Å². The van der Waals surface area contributed by atoms with Crippen molar-refractivity contribution in [2.45, 2.75) is 19.3 Å². The molecule has 0 aliphatic heterocycles. The lowest BCUT2D eigenvalue weighted by atomic mass is 9.84. The number of rotatable bonds is 4. The summed E-state index contributed by atoms with van der Waals surface area (Å²) >= 11 is 3.25. The third kappa shape index (κ3) is 3.67. The molecule has 0 atom stereocenters. The zero-order valence-electron chi connectivity index (χ0n) is 11.6. The first kappa shape index (κ1) is 14.7. The van der Waals surface area contributed by atoms with Gasteiger partial charge in [-0.3, -0.25) is 4.79 Å². The van der Waals surface area contributed by atoms with E-state index in [0.29, 0.717) is 12.1 Å². The lowest BCUT2D eigenvalue weighted by Gasteiger charge is -2.25. The van der Waals surface area contributed by atoms with Gasteiger partial charge >= 0.3 is 0 Å². The van der Waals surface area contributed by atoms with Gasteiger partial charge < -0.3 is 5.32 Å². The minimum atomic E-state index is -0.111. The van der Waals surface area contributed by atoms with Gasteiger partial charge in [0.25, 0.3) is 5.91 Å². The molecule has 2 rings (SSSR count). The maximum Gasteiger partial charge on any atom is 0.252 e. The van der Waals surface area contributed by atoms with Gasteiger partial charge in [-0.1, -0.05) is 44.2 Å². The molecule has 0 unspecified atom stereocenters. The lowest BCUT2D eigenvalue weighted by molar-refractivity contribution is 0.0945. The average Bonchev–Trinajstić information content (AvgIpc) is 2.46. The second-order valence-corrected chi connectivity index (χ2v) is 6.11. The molecule has 20 heavy (non-hydrogen) atoms. The van der Waals surface area contributed by atoms with E-state index in [1.807, 2.05) is 18.2 Å². The summed E-state index contributed by atoms with van der Waals surface area (Å²) in [4.78, 5) is 16.1. The fourth-order valence-electron chi connectivity index (χ4n) is 1.90. The monoisotopic (exact) mass is 332 g/mol. The zero-order chi connectivity index (χ0) is 14.6. The fourth-order valence-corrected chi connectivity index (χ4v) is 2.14. The number of aromatic nitrogens is 1. The highest BCUT2D eigenvalue weighted by Gasteiger charge is 2.21. The number of halogens is 1. The number of pyridine rings is 1. The molecule has 1 heterocycles. The zero-order valence-corrected chi connectivity index (χ0v) is 13.1. The highest BCUT2D eigenvalue weighted by atomic mass is 79.9. The molecule has 0 fully saturated rings. The molecule has 1 N–H and O–H groups in total. The summed E-state index contributed by atoms with van der Waals surface area (Å²) in [5, 5.41) is 2.96. The summed E-state index contributed by atoms with van der Waals surface area (Å²) in [7, 11) is 0. The molecular weight excluding hydrogens is 316 g/mol. The third-order valence-electron chi connectivity index (χ3n) is 3.24. The van der Waals surface area contributed by atoms with Crippen LogP contribution in [0.3, 0.4) is 0 Å². The molecule has 1 aromatic heterocycles. The molecule has 2 aromatic rings. The molecule has 0 aliphatic rings. The first-order valence-corrected chi connectivity index (χ1v) is 7.24. The number of nitrogens with one attached hydrogen (secondary N) is 1. The molecule has 1 amide bonds. The van der Waals surface area contributed by atoms with Crippen molar-refractivity contribution in [3.63, 3.8) is 0 Å². The smallest absolute Gasteiger partial charge is 0.252 e. The lowest BCUT2D eigenvalue weighted by Crippen LogP contribution is -2.36. The van der Waals surface area contributed by atoms with Crippen LogP contribution in [0.25, 0.3) is 0 Å². The first-order chi connectivity index (χ1) is 9.49. The van der Waals surface area contributed by atoms with E-state index in [2.05, 4.69) is 52.2 Å². The highest BCUT2D eigenvalue weighted by molar-refractivity contribution is 9.10. The van der Waals surface area contributed by atoms with E-state index in [4.69, 9.17) is 0 Å². The number of nitrogens with zero attached hydrogens (tertiary/aromatic N) is 1. The number of amides is 1. The van der Waals surface area contributed by atoms with Crippen LogP contribution in [0, 0.1) is 0 Å². The number of carbonyl (C=O) groups is 1. The van der Waals surface area contributed by atoms with Crippen LogP contribution in [-0.4, -0.2) is 17.4 Å². The number of benzene rings is 1. The molecule has 0 saturated heterocycles. The van der Waals surface area contributed by atoms with Crippen molar-refractivity contribution in [2.24, 2.45) is 0 Å². The number of carbonyl (C=O) groups excluding carboxylic acids is 1. The van der Waals surface area contributed by atoms with Gasteiger partial charge in [0.15, 0.2) is 0 Å². The molecule has 0 spiro atoms. The number of hydrogen-bond donors (Lipinski definition) is 1. The topological polar surface area (TPSA) is 42.0 Å². The predicted molar refractivity (Wildman–Crippen MR) is 83.7 cm³/mol.